The molecule has 2 aromatic carbocycles. The number of nitrogens with two attached hydrogens (primary N) is 2. The van der Waals surface area contributed by atoms with Crippen LogP contribution in [-0.4, -0.2) is 78.7 Å². The molecular formula is C29H35N11O3. The van der Waals surface area contributed by atoms with Crippen LogP contribution < -0.4 is 22.1 Å². The predicted octanol–water partition coefficient (Wildman–Crippen LogP) is 2.03. The van der Waals surface area contributed by atoms with Crippen LogP contribution >= 0.6 is 0 Å². The summed E-state index contributed by atoms with van der Waals surface area (Å²) < 4.78 is 5.62. The molecule has 0 bridgehead atoms. The first-order valence-corrected chi connectivity index (χ1v) is 13.9. The number of rotatable bonds is 12. The molecule has 0 saturated heterocycles. The second kappa shape index (κ2) is 11.9. The highest BCUT2D eigenvalue weighted by molar-refractivity contribution is 6.03. The topological polar surface area (TPSA) is 184 Å². The van der Waals surface area contributed by atoms with Crippen LogP contribution in [-0.2, 0) is 19.6 Å². The van der Waals surface area contributed by atoms with Crippen molar-refractivity contribution in [3.8, 4) is 0 Å². The summed E-state index contributed by atoms with van der Waals surface area (Å²) in [6.07, 6.45) is 0. The second-order valence-corrected chi connectivity index (χ2v) is 10.3. The Bertz CT molecular complexity index is 1850. The molecule has 224 valence electrons. The number of fused-ring (bicyclic) bond motifs is 2. The van der Waals surface area contributed by atoms with Gasteiger partial charge in [0.2, 0.25) is 23.7 Å². The SMILES string of the molecule is CCn1nc(C)cc1C(=O)Nc1nc2cc(C(N)=O)ccc2n1CCN(C)CCn1c(NC)nc2cc(C(N)=O)ccc21. The van der Waals surface area contributed by atoms with Crippen LogP contribution in [0.5, 0.6) is 0 Å². The molecule has 0 saturated carbocycles. The Morgan fingerprint density at radius 3 is 1.91 bits per heavy atom. The van der Waals surface area contributed by atoms with E-state index in [0.29, 0.717) is 72.5 Å². The van der Waals surface area contributed by atoms with Crippen molar-refractivity contribution < 1.29 is 14.4 Å². The fourth-order valence-corrected chi connectivity index (χ4v) is 5.09. The van der Waals surface area contributed by atoms with Gasteiger partial charge in [-0.15, -0.1) is 0 Å². The Balaban J connectivity index is 1.36. The Morgan fingerprint density at radius 2 is 1.40 bits per heavy atom. The zero-order chi connectivity index (χ0) is 30.8. The summed E-state index contributed by atoms with van der Waals surface area (Å²) in [5, 5.41) is 10.4. The minimum Gasteiger partial charge on any atom is -0.366 e. The average Bonchev–Trinajstić information content (AvgIpc) is 3.65. The van der Waals surface area contributed by atoms with Crippen molar-refractivity contribution >= 4 is 51.7 Å². The van der Waals surface area contributed by atoms with Crippen molar-refractivity contribution in [2.24, 2.45) is 11.5 Å². The van der Waals surface area contributed by atoms with E-state index in [0.717, 1.165) is 16.7 Å². The van der Waals surface area contributed by atoms with Gasteiger partial charge in [-0.2, -0.15) is 5.10 Å². The van der Waals surface area contributed by atoms with Crippen LogP contribution in [0, 0.1) is 6.92 Å². The molecule has 5 rings (SSSR count). The van der Waals surface area contributed by atoms with Gasteiger partial charge in [-0.3, -0.25) is 24.4 Å². The fraction of sp³-hybridized carbons (Fsp3) is 0.310. The minimum atomic E-state index is -0.553. The summed E-state index contributed by atoms with van der Waals surface area (Å²) in [4.78, 5) is 48.1. The van der Waals surface area contributed by atoms with Gasteiger partial charge in [0.15, 0.2) is 0 Å². The lowest BCUT2D eigenvalue weighted by Gasteiger charge is -2.19. The first-order chi connectivity index (χ1) is 20.6. The van der Waals surface area contributed by atoms with E-state index < -0.39 is 11.8 Å². The van der Waals surface area contributed by atoms with E-state index in [4.69, 9.17) is 11.5 Å². The summed E-state index contributed by atoms with van der Waals surface area (Å²) >= 11 is 0. The number of hydrogen-bond acceptors (Lipinski definition) is 8. The zero-order valence-corrected chi connectivity index (χ0v) is 24.6. The van der Waals surface area contributed by atoms with Crippen molar-refractivity contribution in [3.05, 3.63) is 65.0 Å². The third-order valence-electron chi connectivity index (χ3n) is 7.36. The standard InChI is InChI=1S/C29H35N11O3/c1-5-40-24(14-17(2)36-40)27(43)35-29-34-21-16-19(26(31)42)7-9-23(21)39(29)13-11-37(4)10-12-38-22-8-6-18(25(30)41)15-20(22)33-28(38)32-3/h6-9,14-16H,5,10-13H2,1-4H3,(H2,30,41)(H2,31,42)(H,32,33)(H,34,35,43). The third-order valence-corrected chi connectivity index (χ3v) is 7.36. The molecule has 0 aliphatic heterocycles. The molecule has 0 unspecified atom stereocenters. The van der Waals surface area contributed by atoms with Crippen molar-refractivity contribution in [1.29, 1.82) is 0 Å². The Kier molecular flexibility index (Phi) is 8.12. The highest BCUT2D eigenvalue weighted by atomic mass is 16.2. The van der Waals surface area contributed by atoms with E-state index in [1.54, 1.807) is 48.1 Å². The number of likely N-dealkylation sites (N-methyl/N-ethyl adjacent to an activating group) is 1. The van der Waals surface area contributed by atoms with Gasteiger partial charge in [-0.1, -0.05) is 0 Å². The van der Waals surface area contributed by atoms with Gasteiger partial charge in [0.25, 0.3) is 5.91 Å². The Hall–Kier alpha value is -5.24. The maximum absolute atomic E-state index is 13.3. The maximum Gasteiger partial charge on any atom is 0.276 e. The van der Waals surface area contributed by atoms with Crippen LogP contribution in [0.15, 0.2) is 42.5 Å². The number of nitrogens with one attached hydrogen (secondary N) is 2. The van der Waals surface area contributed by atoms with E-state index in [2.05, 4.69) is 35.2 Å². The highest BCUT2D eigenvalue weighted by Crippen LogP contribution is 2.23. The number of nitrogens with zero attached hydrogens (tertiary/aromatic N) is 7. The molecule has 3 aromatic heterocycles. The number of primary amides is 2. The van der Waals surface area contributed by atoms with Crippen LogP contribution in [0.25, 0.3) is 22.1 Å². The number of amides is 3. The number of carbonyl (C=O) groups is 3. The molecule has 0 spiro atoms. The van der Waals surface area contributed by atoms with Gasteiger partial charge in [0.1, 0.15) is 5.69 Å². The first-order valence-electron chi connectivity index (χ1n) is 13.9. The molecule has 0 aliphatic carbocycles. The van der Waals surface area contributed by atoms with Gasteiger partial charge in [-0.25, -0.2) is 9.97 Å². The molecule has 0 radical (unpaired) electrons. The van der Waals surface area contributed by atoms with Gasteiger partial charge >= 0.3 is 0 Å². The highest BCUT2D eigenvalue weighted by Gasteiger charge is 2.19. The molecule has 3 amide bonds. The second-order valence-electron chi connectivity index (χ2n) is 10.3. The summed E-state index contributed by atoms with van der Waals surface area (Å²) in [6.45, 7) is 6.77. The van der Waals surface area contributed by atoms with Crippen LogP contribution in [0.4, 0.5) is 11.9 Å². The molecule has 3 heterocycles. The molecule has 5 aromatic rings. The number of aromatic nitrogens is 6. The molecular weight excluding hydrogens is 550 g/mol. The lowest BCUT2D eigenvalue weighted by Crippen LogP contribution is -2.28. The van der Waals surface area contributed by atoms with E-state index in [-0.39, 0.29) is 5.91 Å². The van der Waals surface area contributed by atoms with Crippen molar-refractivity contribution in [1.82, 2.24) is 33.8 Å². The first kappa shape index (κ1) is 29.3. The monoisotopic (exact) mass is 585 g/mol. The number of imidazole rings is 2. The van der Waals surface area contributed by atoms with E-state index >= 15 is 0 Å². The van der Waals surface area contributed by atoms with E-state index in [9.17, 15) is 14.4 Å². The fourth-order valence-electron chi connectivity index (χ4n) is 5.09. The maximum atomic E-state index is 13.3. The summed E-state index contributed by atoms with van der Waals surface area (Å²) in [5.74, 6) is -0.333. The van der Waals surface area contributed by atoms with E-state index in [1.165, 1.54) is 0 Å². The molecule has 14 nitrogen and oxygen atoms in total. The van der Waals surface area contributed by atoms with Gasteiger partial charge in [-0.05, 0) is 63.4 Å². The number of carbonyl (C=O) groups excluding carboxylic acids is 3. The van der Waals surface area contributed by atoms with Gasteiger partial charge < -0.3 is 30.8 Å². The average molecular weight is 586 g/mol. The van der Waals surface area contributed by atoms with Gasteiger partial charge in [0.05, 0.1) is 27.8 Å². The normalized spacial score (nSPS) is 11.5. The lowest BCUT2D eigenvalue weighted by molar-refractivity contribution is 0.0992. The number of aryl methyl sites for hydroxylation is 2. The Labute approximate surface area is 247 Å². The van der Waals surface area contributed by atoms with Crippen LogP contribution in [0.2, 0.25) is 0 Å². The summed E-state index contributed by atoms with van der Waals surface area (Å²) in [7, 11) is 3.81. The van der Waals surface area contributed by atoms with Gasteiger partial charge in [0, 0.05) is 50.9 Å². The minimum absolute atomic E-state index is 0.325. The third kappa shape index (κ3) is 5.90. The van der Waals surface area contributed by atoms with Crippen LogP contribution in [0.3, 0.4) is 0 Å². The summed E-state index contributed by atoms with van der Waals surface area (Å²) in [6, 6.07) is 12.0. The number of hydrogen-bond donors (Lipinski definition) is 4. The molecule has 14 heteroatoms. The number of benzene rings is 2. The molecule has 43 heavy (non-hydrogen) atoms. The quantitative estimate of drug-likeness (QED) is 0.171. The van der Waals surface area contributed by atoms with Crippen molar-refractivity contribution in [2.45, 2.75) is 33.5 Å². The largest absolute Gasteiger partial charge is 0.366 e. The summed E-state index contributed by atoms with van der Waals surface area (Å²) in [5.41, 5.74) is 15.7. The molecule has 6 N–H and O–H groups in total. The van der Waals surface area contributed by atoms with E-state index in [1.807, 2.05) is 31.5 Å². The number of anilines is 2. The molecule has 0 aliphatic rings. The van der Waals surface area contributed by atoms with Crippen molar-refractivity contribution in [3.63, 3.8) is 0 Å². The Morgan fingerprint density at radius 1 is 0.860 bits per heavy atom. The molecule has 0 atom stereocenters. The lowest BCUT2D eigenvalue weighted by atomic mass is 10.2. The predicted molar refractivity (Wildman–Crippen MR) is 164 cm³/mol. The smallest absolute Gasteiger partial charge is 0.276 e. The zero-order valence-electron chi connectivity index (χ0n) is 24.6. The van der Waals surface area contributed by atoms with Crippen molar-refractivity contribution in [2.75, 3.05) is 37.8 Å². The molecule has 0 fully saturated rings. The van der Waals surface area contributed by atoms with Crippen LogP contribution in [0.1, 0.15) is 43.8 Å².